The molecule has 9 heteroatoms. The van der Waals surface area contributed by atoms with Gasteiger partial charge in [-0.1, -0.05) is 48.5 Å². The van der Waals surface area contributed by atoms with Gasteiger partial charge < -0.3 is 8.94 Å². The zero-order chi connectivity index (χ0) is 24.5. The van der Waals surface area contributed by atoms with Crippen molar-refractivity contribution in [3.63, 3.8) is 0 Å². The van der Waals surface area contributed by atoms with Gasteiger partial charge in [-0.3, -0.25) is 9.36 Å². The first-order chi connectivity index (χ1) is 17.7. The molecule has 0 aliphatic heterocycles. The third-order valence-electron chi connectivity index (χ3n) is 5.83. The summed E-state index contributed by atoms with van der Waals surface area (Å²) in [4.78, 5) is 22.3. The number of benzene rings is 3. The molecule has 0 amide bonds. The molecule has 0 aliphatic rings. The highest BCUT2D eigenvalue weighted by molar-refractivity contribution is 5.77. The van der Waals surface area contributed by atoms with Crippen LogP contribution in [-0.4, -0.2) is 29.9 Å². The summed E-state index contributed by atoms with van der Waals surface area (Å²) in [5.74, 6) is 2.20. The van der Waals surface area contributed by atoms with Gasteiger partial charge in [-0.05, 0) is 42.5 Å². The van der Waals surface area contributed by atoms with Gasteiger partial charge in [-0.25, -0.2) is 4.98 Å². The van der Waals surface area contributed by atoms with E-state index >= 15 is 0 Å². The fraction of sp³-hybridized carbons (Fsp3) is 0.111. The molecule has 0 atom stereocenters. The first-order valence-corrected chi connectivity index (χ1v) is 11.5. The summed E-state index contributed by atoms with van der Waals surface area (Å²) in [5, 5.41) is 13.0. The molecular weight excluding hydrogens is 456 g/mol. The zero-order valence-electron chi connectivity index (χ0n) is 19.3. The number of nitrogens with zero attached hydrogens (tertiary/aromatic N) is 6. The molecule has 3 aromatic heterocycles. The van der Waals surface area contributed by atoms with E-state index in [4.69, 9.17) is 8.94 Å². The molecule has 0 N–H and O–H groups in total. The SMILES string of the molecule is CCc1nc2ccccc2c(=O)n1Cc1noc(-c2cccc(-c3nnc(-c4ccccc4)o3)c2)n1. The van der Waals surface area contributed by atoms with E-state index in [0.717, 1.165) is 11.1 Å². The van der Waals surface area contributed by atoms with Crippen LogP contribution in [0.3, 0.4) is 0 Å². The number of aromatic nitrogens is 6. The van der Waals surface area contributed by atoms with Crippen LogP contribution in [0, 0.1) is 0 Å². The van der Waals surface area contributed by atoms with Crippen LogP contribution in [0.1, 0.15) is 18.6 Å². The van der Waals surface area contributed by atoms with Crippen LogP contribution in [-0.2, 0) is 13.0 Å². The van der Waals surface area contributed by atoms with E-state index in [-0.39, 0.29) is 12.1 Å². The van der Waals surface area contributed by atoms with Crippen molar-refractivity contribution >= 4 is 10.9 Å². The number of aryl methyl sites for hydroxylation is 1. The van der Waals surface area contributed by atoms with Crippen molar-refractivity contribution in [3.05, 3.63) is 101 Å². The maximum absolute atomic E-state index is 13.1. The molecule has 3 aromatic carbocycles. The van der Waals surface area contributed by atoms with Crippen LogP contribution < -0.4 is 5.56 Å². The number of fused-ring (bicyclic) bond motifs is 1. The lowest BCUT2D eigenvalue weighted by Crippen LogP contribution is -2.26. The quantitative estimate of drug-likeness (QED) is 0.338. The largest absolute Gasteiger partial charge is 0.416 e. The van der Waals surface area contributed by atoms with Crippen molar-refractivity contribution in [1.82, 2.24) is 29.9 Å². The average Bonchev–Trinajstić information content (AvgIpc) is 3.61. The fourth-order valence-electron chi connectivity index (χ4n) is 4.05. The van der Waals surface area contributed by atoms with E-state index in [1.54, 1.807) is 10.6 Å². The normalized spacial score (nSPS) is 11.2. The zero-order valence-corrected chi connectivity index (χ0v) is 19.3. The average molecular weight is 476 g/mol. The molecule has 3 heterocycles. The van der Waals surface area contributed by atoms with E-state index in [0.29, 0.717) is 52.2 Å². The molecule has 0 saturated heterocycles. The maximum atomic E-state index is 13.1. The van der Waals surface area contributed by atoms with E-state index in [1.807, 2.05) is 79.7 Å². The minimum Gasteiger partial charge on any atom is -0.416 e. The van der Waals surface area contributed by atoms with Crippen LogP contribution >= 0.6 is 0 Å². The van der Waals surface area contributed by atoms with Crippen LogP contribution in [0.25, 0.3) is 45.3 Å². The summed E-state index contributed by atoms with van der Waals surface area (Å²) >= 11 is 0. The Morgan fingerprint density at radius 1 is 0.778 bits per heavy atom. The Morgan fingerprint density at radius 3 is 2.28 bits per heavy atom. The summed E-state index contributed by atoms with van der Waals surface area (Å²) in [7, 11) is 0. The lowest BCUT2D eigenvalue weighted by molar-refractivity contribution is 0.419. The van der Waals surface area contributed by atoms with Crippen LogP contribution in [0.15, 0.2) is 92.6 Å². The molecule has 0 bridgehead atoms. The highest BCUT2D eigenvalue weighted by Crippen LogP contribution is 2.27. The summed E-state index contributed by atoms with van der Waals surface area (Å²) in [6.45, 7) is 2.12. The molecule has 0 unspecified atom stereocenters. The van der Waals surface area contributed by atoms with Crippen LogP contribution in [0.4, 0.5) is 0 Å². The number of hydrogen-bond acceptors (Lipinski definition) is 8. The minimum absolute atomic E-state index is 0.128. The smallest absolute Gasteiger partial charge is 0.261 e. The highest BCUT2D eigenvalue weighted by atomic mass is 16.5. The van der Waals surface area contributed by atoms with E-state index in [1.165, 1.54) is 0 Å². The summed E-state index contributed by atoms with van der Waals surface area (Å²) in [6.07, 6.45) is 0.599. The molecule has 9 nitrogen and oxygen atoms in total. The van der Waals surface area contributed by atoms with Gasteiger partial charge in [0.25, 0.3) is 11.4 Å². The second kappa shape index (κ2) is 9.03. The fourth-order valence-corrected chi connectivity index (χ4v) is 4.05. The van der Waals surface area contributed by atoms with Gasteiger partial charge in [0.1, 0.15) is 5.82 Å². The standard InChI is InChI=1S/C27H20N6O3/c1-2-23-28-21-14-7-6-13-20(21)27(34)33(23)16-22-29-24(36-32-22)18-11-8-12-19(15-18)26-31-30-25(35-26)17-9-4-3-5-10-17/h3-15H,2,16H2,1H3. The molecule has 0 spiro atoms. The monoisotopic (exact) mass is 476 g/mol. The van der Waals surface area contributed by atoms with Gasteiger partial charge in [-0.15, -0.1) is 10.2 Å². The summed E-state index contributed by atoms with van der Waals surface area (Å²) in [5.41, 5.74) is 2.82. The lowest BCUT2D eigenvalue weighted by atomic mass is 10.1. The molecule has 6 aromatic rings. The van der Waals surface area contributed by atoms with Gasteiger partial charge in [-0.2, -0.15) is 4.98 Å². The van der Waals surface area contributed by atoms with Crippen LogP contribution in [0.2, 0.25) is 0 Å². The number of hydrogen-bond donors (Lipinski definition) is 0. The van der Waals surface area contributed by atoms with E-state index in [9.17, 15) is 4.79 Å². The third kappa shape index (κ3) is 3.96. The molecule has 0 aliphatic carbocycles. The minimum atomic E-state index is -0.128. The maximum Gasteiger partial charge on any atom is 0.261 e. The van der Waals surface area contributed by atoms with E-state index < -0.39 is 0 Å². The third-order valence-corrected chi connectivity index (χ3v) is 5.83. The highest BCUT2D eigenvalue weighted by Gasteiger charge is 2.16. The molecule has 0 saturated carbocycles. The molecule has 36 heavy (non-hydrogen) atoms. The second-order valence-electron chi connectivity index (χ2n) is 8.16. The number of rotatable bonds is 6. The molecule has 6 rings (SSSR count). The Labute approximate surface area is 205 Å². The van der Waals surface area contributed by atoms with Gasteiger partial charge in [0.2, 0.25) is 11.8 Å². The van der Waals surface area contributed by atoms with Crippen molar-refractivity contribution in [2.45, 2.75) is 19.9 Å². The summed E-state index contributed by atoms with van der Waals surface area (Å²) in [6, 6.07) is 24.3. The predicted molar refractivity (Wildman–Crippen MR) is 133 cm³/mol. The molecule has 0 fully saturated rings. The second-order valence-corrected chi connectivity index (χ2v) is 8.16. The first kappa shape index (κ1) is 21.6. The van der Waals surface area contributed by atoms with Crippen molar-refractivity contribution < 1.29 is 8.94 Å². The van der Waals surface area contributed by atoms with Crippen molar-refractivity contribution in [2.75, 3.05) is 0 Å². The Bertz CT molecular complexity index is 1740. The molecule has 176 valence electrons. The van der Waals surface area contributed by atoms with Gasteiger partial charge >= 0.3 is 0 Å². The van der Waals surface area contributed by atoms with Gasteiger partial charge in [0.15, 0.2) is 5.82 Å². The Morgan fingerprint density at radius 2 is 1.47 bits per heavy atom. The Hall–Kier alpha value is -4.92. The summed E-state index contributed by atoms with van der Waals surface area (Å²) < 4.78 is 13.0. The Kier molecular flexibility index (Phi) is 5.42. The first-order valence-electron chi connectivity index (χ1n) is 11.5. The van der Waals surface area contributed by atoms with Gasteiger partial charge in [0, 0.05) is 23.1 Å². The Balaban J connectivity index is 1.29. The predicted octanol–water partition coefficient (Wildman–Crippen LogP) is 4.77. The van der Waals surface area contributed by atoms with E-state index in [2.05, 4.69) is 25.3 Å². The van der Waals surface area contributed by atoms with Crippen molar-refractivity contribution in [3.8, 4) is 34.4 Å². The molecular formula is C27H20N6O3. The van der Waals surface area contributed by atoms with Crippen LogP contribution in [0.5, 0.6) is 0 Å². The topological polar surface area (TPSA) is 113 Å². The van der Waals surface area contributed by atoms with Gasteiger partial charge in [0.05, 0.1) is 17.4 Å². The number of para-hydroxylation sites is 1. The van der Waals surface area contributed by atoms with Crippen molar-refractivity contribution in [2.24, 2.45) is 0 Å². The molecule has 0 radical (unpaired) electrons. The lowest BCUT2D eigenvalue weighted by Gasteiger charge is -2.10. The van der Waals surface area contributed by atoms with Crippen molar-refractivity contribution in [1.29, 1.82) is 0 Å².